The quantitative estimate of drug-likeness (QED) is 0.930. The Balaban J connectivity index is 2.10. The maximum Gasteiger partial charge on any atom is 0.305 e. The van der Waals surface area contributed by atoms with Crippen LogP contribution in [0.1, 0.15) is 31.5 Å². The molecule has 2 aromatic rings. The van der Waals surface area contributed by atoms with Gasteiger partial charge in [0.05, 0.1) is 27.5 Å². The number of fused-ring (bicyclic) bond motifs is 1. The molecule has 2 atom stereocenters. The molecule has 0 spiro atoms. The van der Waals surface area contributed by atoms with Gasteiger partial charge in [0.2, 0.25) is 0 Å². The number of aryl methyl sites for hydroxylation is 1. The van der Waals surface area contributed by atoms with Gasteiger partial charge in [0, 0.05) is 12.5 Å². The first-order valence-electron chi connectivity index (χ1n) is 6.54. The Labute approximate surface area is 126 Å². The minimum atomic E-state index is -0.818. The van der Waals surface area contributed by atoms with Crippen LogP contribution in [0.25, 0.3) is 11.0 Å². The Hall–Kier alpha value is -1.26. The standard InChI is InChI=1S/C14H14Cl2N2O2/c1-7-4-8(7)14-17-11-5-9(15)10(16)6-12(11)18(14)3-2-13(19)20/h5-8H,2-4H2,1H3,(H,19,20). The molecule has 20 heavy (non-hydrogen) atoms. The molecule has 1 aromatic heterocycles. The predicted octanol–water partition coefficient (Wildman–Crippen LogP) is 3.94. The fraction of sp³-hybridized carbons (Fsp3) is 0.429. The number of carboxylic acid groups (broad SMARTS) is 1. The van der Waals surface area contributed by atoms with E-state index in [0.29, 0.717) is 28.4 Å². The molecule has 2 unspecified atom stereocenters. The van der Waals surface area contributed by atoms with Crippen molar-refractivity contribution in [2.24, 2.45) is 5.92 Å². The van der Waals surface area contributed by atoms with Gasteiger partial charge in [-0.3, -0.25) is 4.79 Å². The van der Waals surface area contributed by atoms with Crippen molar-refractivity contribution < 1.29 is 9.90 Å². The number of benzene rings is 1. The third-order valence-electron chi connectivity index (χ3n) is 3.81. The number of aromatic nitrogens is 2. The number of halogens is 2. The highest BCUT2D eigenvalue weighted by Crippen LogP contribution is 2.47. The highest BCUT2D eigenvalue weighted by molar-refractivity contribution is 6.42. The second kappa shape index (κ2) is 4.93. The molecule has 0 radical (unpaired) electrons. The van der Waals surface area contributed by atoms with Crippen LogP contribution in [-0.4, -0.2) is 20.6 Å². The highest BCUT2D eigenvalue weighted by atomic mass is 35.5. The summed E-state index contributed by atoms with van der Waals surface area (Å²) in [5.41, 5.74) is 1.63. The van der Waals surface area contributed by atoms with Gasteiger partial charge < -0.3 is 9.67 Å². The summed E-state index contributed by atoms with van der Waals surface area (Å²) < 4.78 is 1.97. The zero-order valence-corrected chi connectivity index (χ0v) is 12.4. The van der Waals surface area contributed by atoms with E-state index in [0.717, 1.165) is 23.3 Å². The normalized spacial score (nSPS) is 21.4. The van der Waals surface area contributed by atoms with Crippen molar-refractivity contribution in [3.8, 4) is 0 Å². The SMILES string of the molecule is CC1CC1c1nc2cc(Cl)c(Cl)cc2n1CCC(=O)O. The predicted molar refractivity (Wildman–Crippen MR) is 78.5 cm³/mol. The van der Waals surface area contributed by atoms with Crippen LogP contribution in [0.5, 0.6) is 0 Å². The van der Waals surface area contributed by atoms with Gasteiger partial charge in [0.15, 0.2) is 0 Å². The third-order valence-corrected chi connectivity index (χ3v) is 4.53. The minimum absolute atomic E-state index is 0.0693. The first kappa shape index (κ1) is 13.7. The molecule has 6 heteroatoms. The smallest absolute Gasteiger partial charge is 0.305 e. The average Bonchev–Trinajstić information content (AvgIpc) is 2.99. The molecule has 1 fully saturated rings. The van der Waals surface area contributed by atoms with Crippen LogP contribution >= 0.6 is 23.2 Å². The summed E-state index contributed by atoms with van der Waals surface area (Å²) in [4.78, 5) is 15.5. The molecular formula is C14H14Cl2N2O2. The van der Waals surface area contributed by atoms with Gasteiger partial charge in [0.25, 0.3) is 0 Å². The molecule has 4 nitrogen and oxygen atoms in total. The molecule has 1 heterocycles. The van der Waals surface area contributed by atoms with Crippen molar-refractivity contribution in [1.29, 1.82) is 0 Å². The average molecular weight is 313 g/mol. The summed E-state index contributed by atoms with van der Waals surface area (Å²) >= 11 is 12.1. The molecule has 0 aliphatic heterocycles. The van der Waals surface area contributed by atoms with Crippen molar-refractivity contribution in [2.75, 3.05) is 0 Å². The van der Waals surface area contributed by atoms with Gasteiger partial charge in [-0.2, -0.15) is 0 Å². The number of carbonyl (C=O) groups is 1. The second-order valence-corrected chi connectivity index (χ2v) is 6.15. The van der Waals surface area contributed by atoms with Crippen molar-refractivity contribution in [2.45, 2.75) is 32.2 Å². The summed E-state index contributed by atoms with van der Waals surface area (Å²) in [5.74, 6) is 1.14. The first-order chi connectivity index (χ1) is 9.47. The fourth-order valence-corrected chi connectivity index (χ4v) is 2.86. The Morgan fingerprint density at radius 2 is 2.10 bits per heavy atom. The third kappa shape index (κ3) is 2.38. The zero-order valence-electron chi connectivity index (χ0n) is 10.9. The monoisotopic (exact) mass is 312 g/mol. The zero-order chi connectivity index (χ0) is 14.4. The maximum absolute atomic E-state index is 10.8. The van der Waals surface area contributed by atoms with E-state index in [-0.39, 0.29) is 6.42 Å². The van der Waals surface area contributed by atoms with E-state index in [4.69, 9.17) is 28.3 Å². The van der Waals surface area contributed by atoms with Crippen molar-refractivity contribution in [3.63, 3.8) is 0 Å². The van der Waals surface area contributed by atoms with Crippen molar-refractivity contribution in [3.05, 3.63) is 28.0 Å². The van der Waals surface area contributed by atoms with E-state index in [2.05, 4.69) is 11.9 Å². The summed E-state index contributed by atoms with van der Waals surface area (Å²) in [6.07, 6.45) is 1.16. The molecule has 0 saturated heterocycles. The van der Waals surface area contributed by atoms with Gasteiger partial charge in [-0.1, -0.05) is 30.1 Å². The van der Waals surface area contributed by atoms with Gasteiger partial charge in [-0.25, -0.2) is 4.98 Å². The van der Waals surface area contributed by atoms with Gasteiger partial charge in [-0.15, -0.1) is 0 Å². The molecule has 1 aliphatic carbocycles. The number of rotatable bonds is 4. The maximum atomic E-state index is 10.8. The van der Waals surface area contributed by atoms with E-state index in [1.54, 1.807) is 12.1 Å². The molecule has 1 aromatic carbocycles. The lowest BCUT2D eigenvalue weighted by molar-refractivity contribution is -0.137. The van der Waals surface area contributed by atoms with Gasteiger partial charge in [0.1, 0.15) is 5.82 Å². The van der Waals surface area contributed by atoms with Crippen LogP contribution in [-0.2, 0) is 11.3 Å². The number of imidazole rings is 1. The largest absolute Gasteiger partial charge is 0.481 e. The number of carboxylic acids is 1. The first-order valence-corrected chi connectivity index (χ1v) is 7.30. The van der Waals surface area contributed by atoms with Crippen molar-refractivity contribution in [1.82, 2.24) is 9.55 Å². The number of aliphatic carboxylic acids is 1. The molecule has 0 bridgehead atoms. The topological polar surface area (TPSA) is 55.1 Å². The van der Waals surface area contributed by atoms with E-state index in [9.17, 15) is 4.79 Å². The van der Waals surface area contributed by atoms with E-state index >= 15 is 0 Å². The lowest BCUT2D eigenvalue weighted by Gasteiger charge is -2.07. The Morgan fingerprint density at radius 1 is 1.45 bits per heavy atom. The molecule has 1 N–H and O–H groups in total. The molecular weight excluding hydrogens is 299 g/mol. The number of hydrogen-bond donors (Lipinski definition) is 1. The second-order valence-electron chi connectivity index (χ2n) is 5.34. The van der Waals surface area contributed by atoms with Crippen LogP contribution in [0, 0.1) is 5.92 Å². The van der Waals surface area contributed by atoms with Crippen LogP contribution in [0.4, 0.5) is 0 Å². The number of hydrogen-bond acceptors (Lipinski definition) is 2. The molecule has 106 valence electrons. The summed E-state index contributed by atoms with van der Waals surface area (Å²) in [5, 5.41) is 9.83. The molecule has 1 aliphatic rings. The van der Waals surface area contributed by atoms with Crippen molar-refractivity contribution >= 4 is 40.2 Å². The summed E-state index contributed by atoms with van der Waals surface area (Å²) in [6, 6.07) is 3.51. The van der Waals surface area contributed by atoms with Crippen LogP contribution in [0.2, 0.25) is 10.0 Å². The molecule has 0 amide bonds. The summed E-state index contributed by atoms with van der Waals surface area (Å²) in [6.45, 7) is 2.58. The minimum Gasteiger partial charge on any atom is -0.481 e. The summed E-state index contributed by atoms with van der Waals surface area (Å²) in [7, 11) is 0. The van der Waals surface area contributed by atoms with Crippen LogP contribution < -0.4 is 0 Å². The van der Waals surface area contributed by atoms with Crippen LogP contribution in [0.15, 0.2) is 12.1 Å². The Kier molecular flexibility index (Phi) is 3.38. The van der Waals surface area contributed by atoms with Gasteiger partial charge >= 0.3 is 5.97 Å². The number of nitrogens with zero attached hydrogens (tertiary/aromatic N) is 2. The highest BCUT2D eigenvalue weighted by Gasteiger charge is 2.38. The van der Waals surface area contributed by atoms with Gasteiger partial charge in [-0.05, 0) is 24.5 Å². The fourth-order valence-electron chi connectivity index (χ4n) is 2.55. The Bertz CT molecular complexity index is 696. The lowest BCUT2D eigenvalue weighted by atomic mass is 10.3. The Morgan fingerprint density at radius 3 is 2.70 bits per heavy atom. The van der Waals surface area contributed by atoms with Crippen LogP contribution in [0.3, 0.4) is 0 Å². The van der Waals surface area contributed by atoms with E-state index in [1.165, 1.54) is 0 Å². The van der Waals surface area contributed by atoms with E-state index in [1.807, 2.05) is 4.57 Å². The molecule has 1 saturated carbocycles. The molecule has 3 rings (SSSR count). The lowest BCUT2D eigenvalue weighted by Crippen LogP contribution is -2.08. The van der Waals surface area contributed by atoms with E-state index < -0.39 is 5.97 Å².